The molecule has 8 aromatic carbocycles. The van der Waals surface area contributed by atoms with Crippen LogP contribution < -0.4 is 4.90 Å². The van der Waals surface area contributed by atoms with Crippen LogP contribution in [-0.4, -0.2) is 4.40 Å². The van der Waals surface area contributed by atoms with Crippen molar-refractivity contribution < 1.29 is 0 Å². The summed E-state index contributed by atoms with van der Waals surface area (Å²) in [6.45, 7) is 0. The van der Waals surface area contributed by atoms with Crippen LogP contribution in [0.25, 0.3) is 71.8 Å². The molecule has 0 aliphatic rings. The molecule has 2 heterocycles. The molecule has 0 unspecified atom stereocenters. The molecule has 0 radical (unpaired) electrons. The van der Waals surface area contributed by atoms with Gasteiger partial charge in [0.15, 0.2) is 0 Å². The van der Waals surface area contributed by atoms with Gasteiger partial charge in [0.25, 0.3) is 0 Å². The Bertz CT molecular complexity index is 2790. The molecule has 0 aliphatic heterocycles. The predicted molar refractivity (Wildman–Crippen MR) is 229 cm³/mol. The van der Waals surface area contributed by atoms with E-state index < -0.39 is 0 Å². The average Bonchev–Trinajstić information content (AvgIpc) is 3.61. The van der Waals surface area contributed by atoms with Crippen molar-refractivity contribution in [3.63, 3.8) is 0 Å². The summed E-state index contributed by atoms with van der Waals surface area (Å²) in [5, 5.41) is 3.80. The quantitative estimate of drug-likeness (QED) is 0.162. The number of nitrogens with zero attached hydrogens (tertiary/aromatic N) is 2. The third-order valence-corrected chi connectivity index (χ3v) is 10.6. The van der Waals surface area contributed by atoms with Gasteiger partial charge in [-0.1, -0.05) is 164 Å². The molecule has 0 saturated carbocycles. The standard InChI is InChI=1S/C52H36N2/c1-4-13-37(14-5-1)39-23-30-44(31-24-39)53(45-32-25-40(26-33-45)38-15-6-2-7-16-38)46-34-27-42(28-35-46)48-21-12-22-49-51(43-18-8-3-9-19-43)52-47-20-11-10-17-41(47)29-36-50(52)54(48)49/h1-36H. The third kappa shape index (κ3) is 5.53. The van der Waals surface area contributed by atoms with E-state index in [4.69, 9.17) is 0 Å². The van der Waals surface area contributed by atoms with E-state index in [1.54, 1.807) is 0 Å². The molecule has 10 aromatic rings. The summed E-state index contributed by atoms with van der Waals surface area (Å²) < 4.78 is 2.45. The first kappa shape index (κ1) is 31.6. The molecule has 0 aliphatic carbocycles. The molecule has 0 saturated heterocycles. The molecular formula is C52H36N2. The maximum absolute atomic E-state index is 2.45. The number of hydrogen-bond acceptors (Lipinski definition) is 1. The number of benzene rings is 8. The molecule has 254 valence electrons. The summed E-state index contributed by atoms with van der Waals surface area (Å²) in [7, 11) is 0. The van der Waals surface area contributed by atoms with E-state index in [9.17, 15) is 0 Å². The lowest BCUT2D eigenvalue weighted by atomic mass is 9.98. The SMILES string of the molecule is c1ccc(-c2ccc(N(c3ccc(-c4ccccc4)cc3)c3ccc(-c4cccc5c(-c6ccccc6)c6c7ccccc7ccc6n45)cc3)cc2)cc1. The molecular weight excluding hydrogens is 653 g/mol. The van der Waals surface area contributed by atoms with Crippen LogP contribution in [0.15, 0.2) is 218 Å². The van der Waals surface area contributed by atoms with Crippen LogP contribution in [0.1, 0.15) is 0 Å². The average molecular weight is 689 g/mol. The highest BCUT2D eigenvalue weighted by Crippen LogP contribution is 2.43. The number of aromatic nitrogens is 1. The Balaban J connectivity index is 1.10. The van der Waals surface area contributed by atoms with Gasteiger partial charge >= 0.3 is 0 Å². The number of fused-ring (bicyclic) bond motifs is 5. The molecule has 0 atom stereocenters. The van der Waals surface area contributed by atoms with E-state index in [1.807, 2.05) is 0 Å². The minimum atomic E-state index is 1.10. The van der Waals surface area contributed by atoms with Crippen LogP contribution >= 0.6 is 0 Å². The lowest BCUT2D eigenvalue weighted by Gasteiger charge is -2.26. The summed E-state index contributed by atoms with van der Waals surface area (Å²) in [4.78, 5) is 2.35. The fourth-order valence-electron chi connectivity index (χ4n) is 8.02. The van der Waals surface area contributed by atoms with E-state index in [0.29, 0.717) is 0 Å². The van der Waals surface area contributed by atoms with E-state index in [1.165, 1.54) is 60.6 Å². The maximum Gasteiger partial charge on any atom is 0.0548 e. The minimum Gasteiger partial charge on any atom is -0.311 e. The zero-order chi connectivity index (χ0) is 35.8. The Morgan fingerprint density at radius 3 is 1.31 bits per heavy atom. The lowest BCUT2D eigenvalue weighted by Crippen LogP contribution is -2.09. The molecule has 10 rings (SSSR count). The fourth-order valence-corrected chi connectivity index (χ4v) is 8.02. The Kier molecular flexibility index (Phi) is 7.85. The van der Waals surface area contributed by atoms with Gasteiger partial charge in [0.05, 0.1) is 16.7 Å². The highest BCUT2D eigenvalue weighted by Gasteiger charge is 2.19. The van der Waals surface area contributed by atoms with E-state index in [2.05, 4.69) is 228 Å². The van der Waals surface area contributed by atoms with Crippen LogP contribution in [0.2, 0.25) is 0 Å². The highest BCUT2D eigenvalue weighted by molar-refractivity contribution is 6.19. The molecule has 0 amide bonds. The molecule has 2 aromatic heterocycles. The second-order valence-corrected chi connectivity index (χ2v) is 13.8. The van der Waals surface area contributed by atoms with Crippen molar-refractivity contribution in [1.29, 1.82) is 0 Å². The van der Waals surface area contributed by atoms with Crippen LogP contribution in [0.5, 0.6) is 0 Å². The topological polar surface area (TPSA) is 7.65 Å². The second-order valence-electron chi connectivity index (χ2n) is 13.8. The Labute approximate surface area is 315 Å². The second kappa shape index (κ2) is 13.4. The monoisotopic (exact) mass is 688 g/mol. The summed E-state index contributed by atoms with van der Waals surface area (Å²) in [6, 6.07) is 78.7. The summed E-state index contributed by atoms with van der Waals surface area (Å²) in [5.41, 5.74) is 15.3. The molecule has 2 heteroatoms. The number of rotatable bonds is 7. The first-order valence-corrected chi connectivity index (χ1v) is 18.5. The fraction of sp³-hybridized carbons (Fsp3) is 0. The van der Waals surface area contributed by atoms with Crippen molar-refractivity contribution >= 4 is 44.3 Å². The summed E-state index contributed by atoms with van der Waals surface area (Å²) in [6.07, 6.45) is 0. The van der Waals surface area contributed by atoms with Crippen molar-refractivity contribution in [1.82, 2.24) is 4.40 Å². The van der Waals surface area contributed by atoms with Crippen LogP contribution in [-0.2, 0) is 0 Å². The van der Waals surface area contributed by atoms with E-state index >= 15 is 0 Å². The number of pyridine rings is 1. The maximum atomic E-state index is 2.45. The third-order valence-electron chi connectivity index (χ3n) is 10.6. The van der Waals surface area contributed by atoms with Gasteiger partial charge in [-0.3, -0.25) is 0 Å². The van der Waals surface area contributed by atoms with Gasteiger partial charge < -0.3 is 9.30 Å². The highest BCUT2D eigenvalue weighted by atomic mass is 15.1. The van der Waals surface area contributed by atoms with E-state index in [0.717, 1.165) is 28.3 Å². The summed E-state index contributed by atoms with van der Waals surface area (Å²) in [5.74, 6) is 0. The normalized spacial score (nSPS) is 11.3. The van der Waals surface area contributed by atoms with Gasteiger partial charge in [0.2, 0.25) is 0 Å². The van der Waals surface area contributed by atoms with Gasteiger partial charge in [-0.2, -0.15) is 0 Å². The largest absolute Gasteiger partial charge is 0.311 e. The summed E-state index contributed by atoms with van der Waals surface area (Å²) >= 11 is 0. The molecule has 0 bridgehead atoms. The number of anilines is 3. The van der Waals surface area contributed by atoms with Crippen LogP contribution in [0.3, 0.4) is 0 Å². The van der Waals surface area contributed by atoms with Crippen molar-refractivity contribution in [2.24, 2.45) is 0 Å². The smallest absolute Gasteiger partial charge is 0.0548 e. The molecule has 0 spiro atoms. The van der Waals surface area contributed by atoms with E-state index in [-0.39, 0.29) is 0 Å². The van der Waals surface area contributed by atoms with Crippen LogP contribution in [0, 0.1) is 0 Å². The van der Waals surface area contributed by atoms with Crippen molar-refractivity contribution in [2.75, 3.05) is 4.90 Å². The zero-order valence-corrected chi connectivity index (χ0v) is 29.7. The molecule has 0 N–H and O–H groups in total. The van der Waals surface area contributed by atoms with Crippen molar-refractivity contribution in [2.45, 2.75) is 0 Å². The Hall–Kier alpha value is -7.16. The van der Waals surface area contributed by atoms with Crippen molar-refractivity contribution in [3.05, 3.63) is 218 Å². The molecule has 0 fully saturated rings. The Morgan fingerprint density at radius 2 is 0.759 bits per heavy atom. The first-order valence-electron chi connectivity index (χ1n) is 18.5. The number of hydrogen-bond donors (Lipinski definition) is 0. The van der Waals surface area contributed by atoms with Crippen molar-refractivity contribution in [3.8, 4) is 44.6 Å². The Morgan fingerprint density at radius 1 is 0.296 bits per heavy atom. The predicted octanol–water partition coefficient (Wildman–Crippen LogP) is 14.4. The van der Waals surface area contributed by atoms with Crippen LogP contribution in [0.4, 0.5) is 17.1 Å². The van der Waals surface area contributed by atoms with Gasteiger partial charge in [0.1, 0.15) is 0 Å². The minimum absolute atomic E-state index is 1.10. The van der Waals surface area contributed by atoms with Gasteiger partial charge in [-0.25, -0.2) is 0 Å². The lowest BCUT2D eigenvalue weighted by molar-refractivity contribution is 1.25. The molecule has 2 nitrogen and oxygen atoms in total. The molecule has 54 heavy (non-hydrogen) atoms. The van der Waals surface area contributed by atoms with Gasteiger partial charge in [0, 0.05) is 28.0 Å². The first-order chi connectivity index (χ1) is 26.8. The van der Waals surface area contributed by atoms with Gasteiger partial charge in [-0.05, 0) is 98.8 Å². The van der Waals surface area contributed by atoms with Gasteiger partial charge in [-0.15, -0.1) is 0 Å². The zero-order valence-electron chi connectivity index (χ0n) is 29.7.